The minimum Gasteiger partial charge on any atom is -0.481 e. The van der Waals surface area contributed by atoms with Gasteiger partial charge in [-0.05, 0) is 33.7 Å². The molecule has 0 aromatic rings. The summed E-state index contributed by atoms with van der Waals surface area (Å²) in [6.45, 7) is 8.25. The number of hydrogen-bond acceptors (Lipinski definition) is 2. The lowest BCUT2D eigenvalue weighted by atomic mass is 9.95. The fourth-order valence-corrected chi connectivity index (χ4v) is 1.83. The molecule has 0 aliphatic carbocycles. The summed E-state index contributed by atoms with van der Waals surface area (Å²) < 4.78 is 0. The van der Waals surface area contributed by atoms with Crippen molar-refractivity contribution < 1.29 is 9.90 Å². The number of carboxylic acid groups (broad SMARTS) is 1. The van der Waals surface area contributed by atoms with Gasteiger partial charge in [0.2, 0.25) is 0 Å². The van der Waals surface area contributed by atoms with Crippen LogP contribution in [-0.4, -0.2) is 34.6 Å². The number of nitrogens with zero attached hydrogens (tertiary/aromatic N) is 1. The monoisotopic (exact) mass is 201 g/mol. The molecule has 0 radical (unpaired) electrons. The summed E-state index contributed by atoms with van der Waals surface area (Å²) in [6.07, 6.45) is 2.33. The Morgan fingerprint density at radius 3 is 2.07 bits per heavy atom. The quantitative estimate of drug-likeness (QED) is 0.717. The van der Waals surface area contributed by atoms with Gasteiger partial charge in [0.05, 0.1) is 6.42 Å². The van der Waals surface area contributed by atoms with Crippen molar-refractivity contribution in [2.75, 3.05) is 7.05 Å². The Hall–Kier alpha value is -0.570. The molecule has 0 aromatic carbocycles. The molecule has 0 unspecified atom stereocenters. The van der Waals surface area contributed by atoms with Crippen molar-refractivity contribution in [1.82, 2.24) is 4.90 Å². The average Bonchev–Trinajstić information content (AvgIpc) is 2.04. The van der Waals surface area contributed by atoms with E-state index in [-0.39, 0.29) is 12.0 Å². The molecule has 84 valence electrons. The zero-order chi connectivity index (χ0) is 11.4. The van der Waals surface area contributed by atoms with Crippen LogP contribution < -0.4 is 0 Å². The molecule has 0 aliphatic heterocycles. The highest BCUT2D eigenvalue weighted by Crippen LogP contribution is 2.22. The van der Waals surface area contributed by atoms with Gasteiger partial charge in [0, 0.05) is 11.6 Å². The van der Waals surface area contributed by atoms with E-state index in [0.29, 0.717) is 6.04 Å². The van der Waals surface area contributed by atoms with Crippen LogP contribution in [0, 0.1) is 0 Å². The van der Waals surface area contributed by atoms with Crippen LogP contribution in [0.2, 0.25) is 0 Å². The molecule has 0 rings (SSSR count). The first-order valence-corrected chi connectivity index (χ1v) is 5.29. The second-order valence-electron chi connectivity index (χ2n) is 4.46. The molecule has 3 nitrogen and oxygen atoms in total. The maximum absolute atomic E-state index is 10.7. The zero-order valence-electron chi connectivity index (χ0n) is 10.0. The van der Waals surface area contributed by atoms with Gasteiger partial charge in [0.25, 0.3) is 0 Å². The van der Waals surface area contributed by atoms with E-state index in [4.69, 9.17) is 5.11 Å². The van der Waals surface area contributed by atoms with E-state index in [2.05, 4.69) is 18.7 Å². The van der Waals surface area contributed by atoms with Crippen LogP contribution in [0.3, 0.4) is 0 Å². The van der Waals surface area contributed by atoms with Gasteiger partial charge in [-0.3, -0.25) is 9.69 Å². The molecule has 14 heavy (non-hydrogen) atoms. The lowest BCUT2D eigenvalue weighted by Crippen LogP contribution is -2.48. The SMILES string of the molecule is CCC(CC)N(C)C(C)(C)CC(=O)O. The molecule has 0 amide bonds. The molecule has 3 heteroatoms. The second-order valence-corrected chi connectivity index (χ2v) is 4.46. The largest absolute Gasteiger partial charge is 0.481 e. The van der Waals surface area contributed by atoms with Crippen LogP contribution in [0.4, 0.5) is 0 Å². The number of aliphatic carboxylic acids is 1. The maximum Gasteiger partial charge on any atom is 0.305 e. The lowest BCUT2D eigenvalue weighted by Gasteiger charge is -2.39. The molecule has 0 heterocycles. The van der Waals surface area contributed by atoms with Crippen LogP contribution in [0.25, 0.3) is 0 Å². The molecule has 0 aromatic heterocycles. The smallest absolute Gasteiger partial charge is 0.305 e. The van der Waals surface area contributed by atoms with Crippen LogP contribution in [0.5, 0.6) is 0 Å². The highest BCUT2D eigenvalue weighted by Gasteiger charge is 2.29. The predicted octanol–water partition coefficient (Wildman–Crippen LogP) is 2.36. The van der Waals surface area contributed by atoms with Gasteiger partial charge in [-0.2, -0.15) is 0 Å². The Labute approximate surface area is 87.1 Å². The maximum atomic E-state index is 10.7. The summed E-state index contributed by atoms with van der Waals surface area (Å²) in [6, 6.07) is 0.476. The van der Waals surface area contributed by atoms with Gasteiger partial charge in [-0.15, -0.1) is 0 Å². The highest BCUT2D eigenvalue weighted by molar-refractivity contribution is 5.68. The van der Waals surface area contributed by atoms with Crippen LogP contribution >= 0.6 is 0 Å². The Balaban J connectivity index is 4.46. The Morgan fingerprint density at radius 1 is 1.36 bits per heavy atom. The summed E-state index contributed by atoms with van der Waals surface area (Å²) in [7, 11) is 2.01. The first-order valence-electron chi connectivity index (χ1n) is 5.29. The van der Waals surface area contributed by atoms with Crippen LogP contribution in [0.1, 0.15) is 47.0 Å². The summed E-state index contributed by atoms with van der Waals surface area (Å²) in [4.78, 5) is 12.9. The van der Waals surface area contributed by atoms with E-state index in [1.54, 1.807) is 0 Å². The molecule has 0 saturated heterocycles. The standard InChI is InChI=1S/C11H23NO2/c1-6-9(7-2)12(5)11(3,4)8-10(13)14/h9H,6-8H2,1-5H3,(H,13,14). The Bertz CT molecular complexity index is 186. The summed E-state index contributed by atoms with van der Waals surface area (Å²) in [5.74, 6) is -0.729. The first kappa shape index (κ1) is 13.4. The molecule has 0 atom stereocenters. The van der Waals surface area contributed by atoms with Crippen molar-refractivity contribution in [3.05, 3.63) is 0 Å². The van der Waals surface area contributed by atoms with E-state index in [0.717, 1.165) is 12.8 Å². The summed E-state index contributed by atoms with van der Waals surface area (Å²) in [5, 5.41) is 8.80. The number of carbonyl (C=O) groups is 1. The Morgan fingerprint density at radius 2 is 1.79 bits per heavy atom. The van der Waals surface area contributed by atoms with Gasteiger partial charge in [0.1, 0.15) is 0 Å². The van der Waals surface area contributed by atoms with Crippen molar-refractivity contribution in [3.63, 3.8) is 0 Å². The van der Waals surface area contributed by atoms with E-state index >= 15 is 0 Å². The number of hydrogen-bond donors (Lipinski definition) is 1. The van der Waals surface area contributed by atoms with Crippen LogP contribution in [0.15, 0.2) is 0 Å². The minimum absolute atomic E-state index is 0.194. The van der Waals surface area contributed by atoms with Gasteiger partial charge < -0.3 is 5.11 Å². The van der Waals surface area contributed by atoms with Gasteiger partial charge in [-0.25, -0.2) is 0 Å². The van der Waals surface area contributed by atoms with Gasteiger partial charge in [0.15, 0.2) is 0 Å². The van der Waals surface area contributed by atoms with Crippen molar-refractivity contribution >= 4 is 5.97 Å². The average molecular weight is 201 g/mol. The third-order valence-electron chi connectivity index (χ3n) is 3.03. The van der Waals surface area contributed by atoms with E-state index < -0.39 is 5.97 Å². The van der Waals surface area contributed by atoms with E-state index in [1.165, 1.54) is 0 Å². The van der Waals surface area contributed by atoms with Gasteiger partial charge >= 0.3 is 5.97 Å². The molecular formula is C11H23NO2. The second kappa shape index (κ2) is 5.35. The summed E-state index contributed by atoms with van der Waals surface area (Å²) in [5.41, 5.74) is -0.261. The zero-order valence-corrected chi connectivity index (χ0v) is 10.0. The topological polar surface area (TPSA) is 40.5 Å². The molecule has 0 fully saturated rings. The first-order chi connectivity index (χ1) is 6.35. The fraction of sp³-hybridized carbons (Fsp3) is 0.909. The predicted molar refractivity (Wildman–Crippen MR) is 58.5 cm³/mol. The number of carboxylic acids is 1. The molecule has 1 N–H and O–H groups in total. The van der Waals surface area contributed by atoms with Crippen molar-refractivity contribution in [1.29, 1.82) is 0 Å². The van der Waals surface area contributed by atoms with Crippen molar-refractivity contribution in [2.45, 2.75) is 58.5 Å². The lowest BCUT2D eigenvalue weighted by molar-refractivity contribution is -0.140. The summed E-state index contributed by atoms with van der Waals surface area (Å²) >= 11 is 0. The normalized spacial score (nSPS) is 12.5. The van der Waals surface area contributed by atoms with Crippen molar-refractivity contribution in [3.8, 4) is 0 Å². The van der Waals surface area contributed by atoms with E-state index in [1.807, 2.05) is 20.9 Å². The minimum atomic E-state index is -0.729. The fourth-order valence-electron chi connectivity index (χ4n) is 1.83. The third kappa shape index (κ3) is 3.66. The number of rotatable bonds is 6. The van der Waals surface area contributed by atoms with Gasteiger partial charge in [-0.1, -0.05) is 13.8 Å². The highest BCUT2D eigenvalue weighted by atomic mass is 16.4. The third-order valence-corrected chi connectivity index (χ3v) is 3.03. The van der Waals surface area contributed by atoms with E-state index in [9.17, 15) is 4.79 Å². The molecule has 0 saturated carbocycles. The van der Waals surface area contributed by atoms with Crippen molar-refractivity contribution in [2.24, 2.45) is 0 Å². The molecular weight excluding hydrogens is 178 g/mol. The molecule has 0 aliphatic rings. The molecule has 0 spiro atoms. The Kier molecular flexibility index (Phi) is 5.13. The molecule has 0 bridgehead atoms. The van der Waals surface area contributed by atoms with Crippen LogP contribution in [-0.2, 0) is 4.79 Å².